The van der Waals surface area contributed by atoms with Gasteiger partial charge in [0, 0.05) is 12.0 Å². The molecular formula is C22H21FN2O7. The molecular weight excluding hydrogens is 423 g/mol. The third-order valence-corrected chi connectivity index (χ3v) is 5.28. The van der Waals surface area contributed by atoms with Crippen molar-refractivity contribution < 1.29 is 38.1 Å². The van der Waals surface area contributed by atoms with Crippen LogP contribution in [-0.2, 0) is 19.1 Å². The van der Waals surface area contributed by atoms with E-state index in [0.717, 1.165) is 4.90 Å². The van der Waals surface area contributed by atoms with Crippen molar-refractivity contribution in [2.24, 2.45) is 0 Å². The first-order valence-corrected chi connectivity index (χ1v) is 9.97. The normalized spacial score (nSPS) is 19.2. The molecule has 0 bridgehead atoms. The maximum absolute atomic E-state index is 13.0. The molecule has 2 aliphatic rings. The molecule has 9 nitrogen and oxygen atoms in total. The van der Waals surface area contributed by atoms with Gasteiger partial charge < -0.3 is 29.5 Å². The quantitative estimate of drug-likeness (QED) is 0.698. The van der Waals surface area contributed by atoms with Gasteiger partial charge in [-0.05, 0) is 48.5 Å². The van der Waals surface area contributed by atoms with Crippen LogP contribution in [0.25, 0.3) is 0 Å². The standard InChI is InChI=1S/C22H21FN2O7/c23-15-3-7-17(8-4-15)32-16-5-1-14(2-6-16)20(27)24-12-19(26)25-13-22(30-9-10-31-22)11-18(25)21(28)29/h1-8,18H,9-13H2,(H,24,27)(H,28,29). The summed E-state index contributed by atoms with van der Waals surface area (Å²) in [7, 11) is 0. The number of halogens is 1. The van der Waals surface area contributed by atoms with Crippen molar-refractivity contribution in [2.75, 3.05) is 26.3 Å². The number of nitrogens with zero attached hydrogens (tertiary/aromatic N) is 1. The summed E-state index contributed by atoms with van der Waals surface area (Å²) in [4.78, 5) is 37.7. The highest BCUT2D eigenvalue weighted by atomic mass is 19.1. The summed E-state index contributed by atoms with van der Waals surface area (Å²) >= 11 is 0. The predicted octanol–water partition coefficient (Wildman–Crippen LogP) is 1.78. The molecule has 1 spiro atoms. The number of carboxylic acid groups (broad SMARTS) is 1. The smallest absolute Gasteiger partial charge is 0.326 e. The highest BCUT2D eigenvalue weighted by Gasteiger charge is 2.52. The Balaban J connectivity index is 1.33. The topological polar surface area (TPSA) is 114 Å². The maximum Gasteiger partial charge on any atom is 0.326 e. The summed E-state index contributed by atoms with van der Waals surface area (Å²) in [5, 5.41) is 12.0. The van der Waals surface area contributed by atoms with Gasteiger partial charge in [0.15, 0.2) is 5.79 Å². The summed E-state index contributed by atoms with van der Waals surface area (Å²) in [6.07, 6.45) is 0.0392. The lowest BCUT2D eigenvalue weighted by Crippen LogP contribution is -2.46. The molecule has 168 valence electrons. The molecule has 2 heterocycles. The number of amides is 2. The molecule has 2 aromatic rings. The minimum atomic E-state index is -1.16. The fourth-order valence-corrected chi connectivity index (χ4v) is 3.70. The fraction of sp³-hybridized carbons (Fsp3) is 0.318. The van der Waals surface area contributed by atoms with Crippen LogP contribution in [0.2, 0.25) is 0 Å². The second kappa shape index (κ2) is 8.93. The molecule has 0 saturated carbocycles. The maximum atomic E-state index is 13.0. The highest BCUT2D eigenvalue weighted by molar-refractivity contribution is 5.97. The Bertz CT molecular complexity index is 1000. The molecule has 2 amide bonds. The van der Waals surface area contributed by atoms with Gasteiger partial charge in [0.05, 0.1) is 26.3 Å². The molecule has 0 aliphatic carbocycles. The Morgan fingerprint density at radius 3 is 2.25 bits per heavy atom. The summed E-state index contributed by atoms with van der Waals surface area (Å²) < 4.78 is 29.6. The molecule has 0 radical (unpaired) electrons. The van der Waals surface area contributed by atoms with Gasteiger partial charge in [0.2, 0.25) is 5.91 Å². The highest BCUT2D eigenvalue weighted by Crippen LogP contribution is 2.34. The van der Waals surface area contributed by atoms with E-state index >= 15 is 0 Å². The average molecular weight is 444 g/mol. The lowest BCUT2D eigenvalue weighted by atomic mass is 10.1. The van der Waals surface area contributed by atoms with Crippen molar-refractivity contribution in [3.8, 4) is 11.5 Å². The number of rotatable bonds is 6. The van der Waals surface area contributed by atoms with Crippen LogP contribution >= 0.6 is 0 Å². The first-order valence-electron chi connectivity index (χ1n) is 9.97. The van der Waals surface area contributed by atoms with Gasteiger partial charge in [-0.25, -0.2) is 9.18 Å². The number of aliphatic carboxylic acids is 1. The summed E-state index contributed by atoms with van der Waals surface area (Å²) in [5.74, 6) is -2.77. The Hall–Kier alpha value is -3.50. The number of benzene rings is 2. The molecule has 2 fully saturated rings. The molecule has 1 atom stereocenters. The third kappa shape index (κ3) is 4.71. The van der Waals surface area contributed by atoms with Gasteiger partial charge in [0.25, 0.3) is 5.91 Å². The third-order valence-electron chi connectivity index (χ3n) is 5.28. The SMILES string of the molecule is O=C(NCC(=O)N1CC2(CC1C(=O)O)OCCO2)c1ccc(Oc2ccc(F)cc2)cc1. The molecule has 2 aromatic carbocycles. The van der Waals surface area contributed by atoms with E-state index in [1.54, 1.807) is 12.1 Å². The van der Waals surface area contributed by atoms with Gasteiger partial charge in [-0.1, -0.05) is 0 Å². The fourth-order valence-electron chi connectivity index (χ4n) is 3.70. The Kier molecular flexibility index (Phi) is 6.06. The van der Waals surface area contributed by atoms with E-state index in [-0.39, 0.29) is 25.3 Å². The Morgan fingerprint density at radius 2 is 1.66 bits per heavy atom. The van der Waals surface area contributed by atoms with Crippen molar-refractivity contribution >= 4 is 17.8 Å². The number of ether oxygens (including phenoxy) is 3. The number of carbonyl (C=O) groups excluding carboxylic acids is 2. The number of hydrogen-bond donors (Lipinski definition) is 2. The average Bonchev–Trinajstić information content (AvgIpc) is 3.41. The van der Waals surface area contributed by atoms with Gasteiger partial charge in [-0.3, -0.25) is 9.59 Å². The van der Waals surface area contributed by atoms with Crippen LogP contribution in [0, 0.1) is 5.82 Å². The largest absolute Gasteiger partial charge is 0.480 e. The molecule has 1 unspecified atom stereocenters. The second-order valence-corrected chi connectivity index (χ2v) is 7.45. The van der Waals surface area contributed by atoms with Crippen LogP contribution in [0.5, 0.6) is 11.5 Å². The number of nitrogens with one attached hydrogen (secondary N) is 1. The van der Waals surface area contributed by atoms with Crippen LogP contribution < -0.4 is 10.1 Å². The van der Waals surface area contributed by atoms with E-state index < -0.39 is 29.6 Å². The second-order valence-electron chi connectivity index (χ2n) is 7.45. The van der Waals surface area contributed by atoms with Crippen molar-refractivity contribution in [1.82, 2.24) is 10.2 Å². The number of carbonyl (C=O) groups is 3. The predicted molar refractivity (Wildman–Crippen MR) is 108 cm³/mol. The lowest BCUT2D eigenvalue weighted by molar-refractivity contribution is -0.152. The Labute approximate surface area is 182 Å². The zero-order valence-corrected chi connectivity index (χ0v) is 17.0. The van der Waals surface area contributed by atoms with E-state index in [0.29, 0.717) is 30.3 Å². The summed E-state index contributed by atoms with van der Waals surface area (Å²) in [6.45, 7) is 0.304. The van der Waals surface area contributed by atoms with Crippen molar-refractivity contribution in [3.05, 3.63) is 59.9 Å². The molecule has 2 N–H and O–H groups in total. The summed E-state index contributed by atoms with van der Waals surface area (Å²) in [6, 6.07) is 10.6. The number of hydrogen-bond acceptors (Lipinski definition) is 6. The van der Waals surface area contributed by atoms with E-state index in [4.69, 9.17) is 14.2 Å². The molecule has 10 heteroatoms. The van der Waals surface area contributed by atoms with Gasteiger partial charge >= 0.3 is 5.97 Å². The lowest BCUT2D eigenvalue weighted by Gasteiger charge is -2.23. The van der Waals surface area contributed by atoms with Crippen molar-refractivity contribution in [2.45, 2.75) is 18.2 Å². The minimum absolute atomic E-state index is 0.00586. The van der Waals surface area contributed by atoms with Crippen LogP contribution in [-0.4, -0.2) is 65.9 Å². The minimum Gasteiger partial charge on any atom is -0.480 e. The van der Waals surface area contributed by atoms with Crippen LogP contribution in [0.3, 0.4) is 0 Å². The molecule has 2 saturated heterocycles. The van der Waals surface area contributed by atoms with Gasteiger partial charge in [0.1, 0.15) is 23.4 Å². The zero-order chi connectivity index (χ0) is 22.7. The van der Waals surface area contributed by atoms with E-state index in [9.17, 15) is 23.9 Å². The van der Waals surface area contributed by atoms with E-state index in [1.165, 1.54) is 36.4 Å². The van der Waals surface area contributed by atoms with E-state index in [2.05, 4.69) is 5.32 Å². The first kappa shape index (κ1) is 21.7. The van der Waals surface area contributed by atoms with Gasteiger partial charge in [-0.15, -0.1) is 0 Å². The van der Waals surface area contributed by atoms with E-state index in [1.807, 2.05) is 0 Å². The first-order chi connectivity index (χ1) is 15.3. The molecule has 32 heavy (non-hydrogen) atoms. The zero-order valence-electron chi connectivity index (χ0n) is 17.0. The van der Waals surface area contributed by atoms with Crippen LogP contribution in [0.15, 0.2) is 48.5 Å². The van der Waals surface area contributed by atoms with Crippen LogP contribution in [0.1, 0.15) is 16.8 Å². The molecule has 4 rings (SSSR count). The molecule has 0 aromatic heterocycles. The number of likely N-dealkylation sites (tertiary alicyclic amines) is 1. The van der Waals surface area contributed by atoms with Crippen molar-refractivity contribution in [3.63, 3.8) is 0 Å². The molecule has 2 aliphatic heterocycles. The van der Waals surface area contributed by atoms with Gasteiger partial charge in [-0.2, -0.15) is 0 Å². The monoisotopic (exact) mass is 444 g/mol. The number of carboxylic acids is 1. The summed E-state index contributed by atoms with van der Waals surface area (Å²) in [5.41, 5.74) is 0.291. The van der Waals surface area contributed by atoms with Crippen molar-refractivity contribution in [1.29, 1.82) is 0 Å². The Morgan fingerprint density at radius 1 is 1.06 bits per heavy atom. The van der Waals surface area contributed by atoms with Crippen LogP contribution in [0.4, 0.5) is 4.39 Å².